The molecule has 0 bridgehead atoms. The number of amides is 1. The number of carbonyl (C=O) groups excluding carboxylic acids is 1. The summed E-state index contributed by atoms with van der Waals surface area (Å²) in [6, 6.07) is 1.37. The number of aromatic nitrogens is 3. The Morgan fingerprint density at radius 3 is 2.87 bits per heavy atom. The molecule has 1 saturated heterocycles. The summed E-state index contributed by atoms with van der Waals surface area (Å²) >= 11 is 0. The zero-order valence-electron chi connectivity index (χ0n) is 13.2. The van der Waals surface area contributed by atoms with Crippen LogP contribution in [0.4, 0.5) is 0 Å². The molecule has 1 aliphatic heterocycles. The van der Waals surface area contributed by atoms with Gasteiger partial charge in [0.05, 0.1) is 23.4 Å². The Hall–Kier alpha value is -1.96. The molecule has 0 aromatic carbocycles. The molecule has 0 radical (unpaired) electrons. The Kier molecular flexibility index (Phi) is 4.09. The second-order valence-corrected chi connectivity index (χ2v) is 8.66. The van der Waals surface area contributed by atoms with Crippen molar-refractivity contribution in [3.8, 4) is 0 Å². The van der Waals surface area contributed by atoms with Crippen molar-refractivity contribution in [2.45, 2.75) is 32.9 Å². The third-order valence-electron chi connectivity index (χ3n) is 3.85. The van der Waals surface area contributed by atoms with Crippen LogP contribution in [-0.2, 0) is 16.4 Å². The predicted molar refractivity (Wildman–Crippen MR) is 86.9 cm³/mol. The average molecular weight is 336 g/mol. The summed E-state index contributed by atoms with van der Waals surface area (Å²) in [5, 5.41) is 2.76. The SMILES string of the molecule is CC(C)Cn1cnc2cc(C(=O)NC3CCS(=O)(=O)C3)cnc21. The van der Waals surface area contributed by atoms with E-state index in [4.69, 9.17) is 0 Å². The molecule has 2 aromatic heterocycles. The van der Waals surface area contributed by atoms with Gasteiger partial charge in [0.1, 0.15) is 5.52 Å². The molecular formula is C15H20N4O3S. The van der Waals surface area contributed by atoms with Crippen LogP contribution in [0.5, 0.6) is 0 Å². The molecule has 3 heterocycles. The molecule has 1 N–H and O–H groups in total. The summed E-state index contributed by atoms with van der Waals surface area (Å²) in [5.74, 6) is 0.313. The minimum Gasteiger partial charge on any atom is -0.348 e. The normalized spacial score (nSPS) is 20.2. The lowest BCUT2D eigenvalue weighted by Crippen LogP contribution is -2.35. The quantitative estimate of drug-likeness (QED) is 0.899. The van der Waals surface area contributed by atoms with Crippen LogP contribution in [0.2, 0.25) is 0 Å². The number of hydrogen-bond acceptors (Lipinski definition) is 5. The molecule has 23 heavy (non-hydrogen) atoms. The van der Waals surface area contributed by atoms with Crippen molar-refractivity contribution in [1.82, 2.24) is 19.9 Å². The first-order valence-electron chi connectivity index (χ1n) is 7.66. The molecule has 1 fully saturated rings. The Labute approximate surface area is 135 Å². The van der Waals surface area contributed by atoms with Gasteiger partial charge in [0.15, 0.2) is 15.5 Å². The molecule has 124 valence electrons. The van der Waals surface area contributed by atoms with E-state index in [9.17, 15) is 13.2 Å². The fourth-order valence-electron chi connectivity index (χ4n) is 2.78. The summed E-state index contributed by atoms with van der Waals surface area (Å²) in [7, 11) is -3.01. The van der Waals surface area contributed by atoms with Gasteiger partial charge in [0.25, 0.3) is 5.91 Å². The van der Waals surface area contributed by atoms with Gasteiger partial charge in [-0.1, -0.05) is 13.8 Å². The van der Waals surface area contributed by atoms with Crippen LogP contribution < -0.4 is 5.32 Å². The Balaban J connectivity index is 1.76. The number of carbonyl (C=O) groups is 1. The van der Waals surface area contributed by atoms with Crippen molar-refractivity contribution >= 4 is 26.9 Å². The van der Waals surface area contributed by atoms with Crippen molar-refractivity contribution in [2.75, 3.05) is 11.5 Å². The number of nitrogens with zero attached hydrogens (tertiary/aromatic N) is 3. The second kappa shape index (κ2) is 5.92. The maximum absolute atomic E-state index is 12.3. The number of pyridine rings is 1. The molecule has 1 aliphatic rings. The van der Waals surface area contributed by atoms with Gasteiger partial charge in [0, 0.05) is 18.8 Å². The fourth-order valence-corrected chi connectivity index (χ4v) is 4.45. The number of hydrogen-bond donors (Lipinski definition) is 1. The van der Waals surface area contributed by atoms with E-state index in [2.05, 4.69) is 29.1 Å². The number of fused-ring (bicyclic) bond motifs is 1. The van der Waals surface area contributed by atoms with Crippen LogP contribution >= 0.6 is 0 Å². The highest BCUT2D eigenvalue weighted by atomic mass is 32.2. The van der Waals surface area contributed by atoms with Crippen LogP contribution in [0.15, 0.2) is 18.6 Å². The number of sulfone groups is 1. The zero-order chi connectivity index (χ0) is 16.6. The fraction of sp³-hybridized carbons (Fsp3) is 0.533. The standard InChI is InChI=1S/C15H20N4O3S/c1-10(2)7-19-9-17-13-5-11(6-16-14(13)19)15(20)18-12-3-4-23(21,22)8-12/h5-6,9-10,12H,3-4,7-8H2,1-2H3,(H,18,20). The van der Waals surface area contributed by atoms with Crippen molar-refractivity contribution in [3.63, 3.8) is 0 Å². The van der Waals surface area contributed by atoms with E-state index in [1.807, 2.05) is 4.57 Å². The Morgan fingerprint density at radius 1 is 1.43 bits per heavy atom. The minimum atomic E-state index is -3.01. The first-order valence-corrected chi connectivity index (χ1v) is 9.48. The third kappa shape index (κ3) is 3.52. The smallest absolute Gasteiger partial charge is 0.253 e. The largest absolute Gasteiger partial charge is 0.348 e. The Morgan fingerprint density at radius 2 is 2.22 bits per heavy atom. The molecule has 7 nitrogen and oxygen atoms in total. The number of imidazole rings is 1. The van der Waals surface area contributed by atoms with Crippen LogP contribution in [0.3, 0.4) is 0 Å². The first kappa shape index (κ1) is 15.9. The topological polar surface area (TPSA) is 94.0 Å². The molecule has 1 atom stereocenters. The Bertz CT molecular complexity index is 842. The zero-order valence-corrected chi connectivity index (χ0v) is 14.0. The summed E-state index contributed by atoms with van der Waals surface area (Å²) in [5.41, 5.74) is 1.81. The molecule has 0 aliphatic carbocycles. The van der Waals surface area contributed by atoms with E-state index in [1.165, 1.54) is 6.20 Å². The lowest BCUT2D eigenvalue weighted by Gasteiger charge is -2.11. The first-order chi connectivity index (χ1) is 10.8. The van der Waals surface area contributed by atoms with E-state index >= 15 is 0 Å². The summed E-state index contributed by atoms with van der Waals surface area (Å²) < 4.78 is 24.9. The van der Waals surface area contributed by atoms with E-state index < -0.39 is 9.84 Å². The molecular weight excluding hydrogens is 316 g/mol. The van der Waals surface area contributed by atoms with Crippen molar-refractivity contribution in [2.24, 2.45) is 5.92 Å². The van der Waals surface area contributed by atoms with E-state index in [0.717, 1.165) is 12.2 Å². The average Bonchev–Trinajstić information content (AvgIpc) is 3.01. The number of nitrogens with one attached hydrogen (secondary N) is 1. The van der Waals surface area contributed by atoms with Gasteiger partial charge in [-0.2, -0.15) is 0 Å². The van der Waals surface area contributed by atoms with Crippen molar-refractivity contribution in [3.05, 3.63) is 24.2 Å². The lowest BCUT2D eigenvalue weighted by molar-refractivity contribution is 0.0941. The van der Waals surface area contributed by atoms with E-state index in [-0.39, 0.29) is 23.5 Å². The maximum Gasteiger partial charge on any atom is 0.253 e. The van der Waals surface area contributed by atoms with Crippen LogP contribution in [0.1, 0.15) is 30.6 Å². The molecule has 0 saturated carbocycles. The summed E-state index contributed by atoms with van der Waals surface area (Å²) in [6.07, 6.45) is 3.70. The van der Waals surface area contributed by atoms with Gasteiger partial charge in [-0.15, -0.1) is 0 Å². The molecule has 8 heteroatoms. The van der Waals surface area contributed by atoms with Gasteiger partial charge in [-0.3, -0.25) is 4.79 Å². The van der Waals surface area contributed by atoms with Crippen LogP contribution in [0.25, 0.3) is 11.2 Å². The van der Waals surface area contributed by atoms with E-state index in [1.54, 1.807) is 12.4 Å². The maximum atomic E-state index is 12.3. The van der Waals surface area contributed by atoms with Crippen LogP contribution in [0, 0.1) is 5.92 Å². The molecule has 3 rings (SSSR count). The van der Waals surface area contributed by atoms with Crippen molar-refractivity contribution < 1.29 is 13.2 Å². The highest BCUT2D eigenvalue weighted by molar-refractivity contribution is 7.91. The monoisotopic (exact) mass is 336 g/mol. The molecule has 2 aromatic rings. The summed E-state index contributed by atoms with van der Waals surface area (Å²) in [6.45, 7) is 5.04. The molecule has 1 unspecified atom stereocenters. The van der Waals surface area contributed by atoms with Gasteiger partial charge in [-0.05, 0) is 18.4 Å². The highest BCUT2D eigenvalue weighted by Crippen LogP contribution is 2.15. The van der Waals surface area contributed by atoms with E-state index in [0.29, 0.717) is 23.4 Å². The van der Waals surface area contributed by atoms with Gasteiger partial charge < -0.3 is 9.88 Å². The molecule has 1 amide bonds. The van der Waals surface area contributed by atoms with Gasteiger partial charge >= 0.3 is 0 Å². The van der Waals surface area contributed by atoms with Gasteiger partial charge in [-0.25, -0.2) is 18.4 Å². The second-order valence-electron chi connectivity index (χ2n) is 6.43. The third-order valence-corrected chi connectivity index (χ3v) is 5.62. The summed E-state index contributed by atoms with van der Waals surface area (Å²) in [4.78, 5) is 20.9. The van der Waals surface area contributed by atoms with Crippen LogP contribution in [-0.4, -0.2) is 46.4 Å². The number of rotatable bonds is 4. The highest BCUT2D eigenvalue weighted by Gasteiger charge is 2.29. The van der Waals surface area contributed by atoms with Gasteiger partial charge in [0.2, 0.25) is 0 Å². The lowest BCUT2D eigenvalue weighted by atomic mass is 10.2. The minimum absolute atomic E-state index is 0.0113. The van der Waals surface area contributed by atoms with Crippen molar-refractivity contribution in [1.29, 1.82) is 0 Å². The molecule has 0 spiro atoms. The predicted octanol–water partition coefficient (Wildman–Crippen LogP) is 1.00.